The predicted molar refractivity (Wildman–Crippen MR) is 120 cm³/mol. The zero-order valence-corrected chi connectivity index (χ0v) is 19.4. The third kappa shape index (κ3) is 3.19. The van der Waals surface area contributed by atoms with Crippen LogP contribution in [0.5, 0.6) is 11.5 Å². The van der Waals surface area contributed by atoms with E-state index in [-0.39, 0.29) is 24.2 Å². The maximum atomic E-state index is 13.5. The standard InChI is InChI=1S/C25H26N2O7/c1-24(2)33-13-19(34-24)20-25(23(30)26-20,12-14-9-10-15(31-3)11-18(14)32-4)27-21(28)16-7-5-6-8-17(16)22(27)29/h5-11,19-20H,12-13H2,1-4H3,(H,26,30)/t19-,20+,25-/m1/s1. The normalized spacial score (nSPS) is 27.3. The summed E-state index contributed by atoms with van der Waals surface area (Å²) in [6, 6.07) is 11.1. The van der Waals surface area contributed by atoms with E-state index in [9.17, 15) is 14.4 Å². The molecule has 2 fully saturated rings. The lowest BCUT2D eigenvalue weighted by Gasteiger charge is -2.54. The zero-order chi connectivity index (χ0) is 24.3. The minimum Gasteiger partial charge on any atom is -0.497 e. The summed E-state index contributed by atoms with van der Waals surface area (Å²) in [6.07, 6.45) is -0.510. The second-order valence-electron chi connectivity index (χ2n) is 9.09. The van der Waals surface area contributed by atoms with Crippen LogP contribution in [0, 0.1) is 0 Å². The van der Waals surface area contributed by atoms with Crippen LogP contribution in [0.15, 0.2) is 42.5 Å². The van der Waals surface area contributed by atoms with Gasteiger partial charge in [0.15, 0.2) is 11.3 Å². The Kier molecular flexibility index (Phi) is 5.14. The molecule has 2 saturated heterocycles. The van der Waals surface area contributed by atoms with Crippen LogP contribution in [0.25, 0.3) is 0 Å². The monoisotopic (exact) mass is 466 g/mol. The lowest BCUT2D eigenvalue weighted by molar-refractivity contribution is -0.166. The topological polar surface area (TPSA) is 103 Å². The molecule has 2 aromatic rings. The molecule has 3 heterocycles. The smallest absolute Gasteiger partial charge is 0.262 e. The largest absolute Gasteiger partial charge is 0.497 e. The van der Waals surface area contributed by atoms with Crippen molar-refractivity contribution in [1.29, 1.82) is 0 Å². The van der Waals surface area contributed by atoms with Crippen molar-refractivity contribution in [3.63, 3.8) is 0 Å². The molecular formula is C25H26N2O7. The van der Waals surface area contributed by atoms with Crippen molar-refractivity contribution in [2.75, 3.05) is 20.8 Å². The second-order valence-corrected chi connectivity index (χ2v) is 9.09. The molecule has 178 valence electrons. The first kappa shape index (κ1) is 22.4. The van der Waals surface area contributed by atoms with Gasteiger partial charge in [0.1, 0.15) is 17.6 Å². The number of β-lactam (4-membered cyclic amide) rings is 1. The van der Waals surface area contributed by atoms with E-state index in [2.05, 4.69) is 5.32 Å². The molecule has 0 spiro atoms. The summed E-state index contributed by atoms with van der Waals surface area (Å²) in [5, 5.41) is 2.88. The first-order chi connectivity index (χ1) is 16.2. The molecule has 9 heteroatoms. The highest BCUT2D eigenvalue weighted by Gasteiger charge is 2.67. The van der Waals surface area contributed by atoms with Crippen LogP contribution < -0.4 is 14.8 Å². The minimum absolute atomic E-state index is 0.0441. The van der Waals surface area contributed by atoms with Gasteiger partial charge in [-0.05, 0) is 37.6 Å². The number of benzene rings is 2. The van der Waals surface area contributed by atoms with Crippen LogP contribution in [-0.4, -0.2) is 66.9 Å². The first-order valence-corrected chi connectivity index (χ1v) is 11.0. The lowest BCUT2D eigenvalue weighted by atomic mass is 9.72. The average molecular weight is 466 g/mol. The fourth-order valence-electron chi connectivity index (χ4n) is 5.08. The van der Waals surface area contributed by atoms with E-state index in [0.29, 0.717) is 17.1 Å². The molecule has 3 atom stereocenters. The molecule has 0 radical (unpaired) electrons. The number of ether oxygens (including phenoxy) is 4. The van der Waals surface area contributed by atoms with Gasteiger partial charge in [0.25, 0.3) is 11.8 Å². The second kappa shape index (κ2) is 7.82. The first-order valence-electron chi connectivity index (χ1n) is 11.0. The highest BCUT2D eigenvalue weighted by atomic mass is 16.7. The van der Waals surface area contributed by atoms with Crippen molar-refractivity contribution in [2.45, 2.75) is 43.7 Å². The van der Waals surface area contributed by atoms with Crippen LogP contribution >= 0.6 is 0 Å². The van der Waals surface area contributed by atoms with Gasteiger partial charge in [-0.1, -0.05) is 18.2 Å². The van der Waals surface area contributed by atoms with Crippen molar-refractivity contribution < 1.29 is 33.3 Å². The molecule has 0 bridgehead atoms. The Labute approximate surface area is 196 Å². The number of imide groups is 1. The lowest BCUT2D eigenvalue weighted by Crippen LogP contribution is -2.83. The van der Waals surface area contributed by atoms with Gasteiger partial charge >= 0.3 is 0 Å². The fourth-order valence-corrected chi connectivity index (χ4v) is 5.08. The highest BCUT2D eigenvalue weighted by molar-refractivity contribution is 6.24. The Bertz CT molecular complexity index is 1160. The van der Waals surface area contributed by atoms with Crippen molar-refractivity contribution in [1.82, 2.24) is 10.2 Å². The molecule has 0 aliphatic carbocycles. The van der Waals surface area contributed by atoms with Gasteiger partial charge in [-0.2, -0.15) is 0 Å². The Morgan fingerprint density at radius 3 is 2.24 bits per heavy atom. The molecule has 2 aromatic carbocycles. The quantitative estimate of drug-likeness (QED) is 0.513. The van der Waals surface area contributed by atoms with E-state index in [1.54, 1.807) is 63.4 Å². The molecule has 3 aliphatic heterocycles. The third-order valence-electron chi connectivity index (χ3n) is 6.74. The molecule has 0 saturated carbocycles. The van der Waals surface area contributed by atoms with Crippen LogP contribution in [0.4, 0.5) is 0 Å². The summed E-state index contributed by atoms with van der Waals surface area (Å²) in [5.74, 6) is -1.23. The van der Waals surface area contributed by atoms with E-state index in [4.69, 9.17) is 18.9 Å². The summed E-state index contributed by atoms with van der Waals surface area (Å²) in [4.78, 5) is 41.6. The van der Waals surface area contributed by atoms with E-state index in [1.807, 2.05) is 0 Å². The Morgan fingerprint density at radius 1 is 1.03 bits per heavy atom. The number of hydrogen-bond donors (Lipinski definition) is 1. The molecule has 0 unspecified atom stereocenters. The molecular weight excluding hydrogens is 440 g/mol. The number of rotatable bonds is 6. The Morgan fingerprint density at radius 2 is 1.71 bits per heavy atom. The number of nitrogens with one attached hydrogen (secondary N) is 1. The summed E-state index contributed by atoms with van der Waals surface area (Å²) in [6.45, 7) is 3.77. The van der Waals surface area contributed by atoms with Crippen LogP contribution in [0.1, 0.15) is 40.1 Å². The van der Waals surface area contributed by atoms with Crippen LogP contribution in [0.3, 0.4) is 0 Å². The van der Waals surface area contributed by atoms with Gasteiger partial charge in [0, 0.05) is 12.5 Å². The number of carbonyl (C=O) groups is 3. The predicted octanol–water partition coefficient (Wildman–Crippen LogP) is 1.93. The maximum absolute atomic E-state index is 13.5. The number of methoxy groups -OCH3 is 2. The van der Waals surface area contributed by atoms with Crippen molar-refractivity contribution >= 4 is 17.7 Å². The van der Waals surface area contributed by atoms with Crippen molar-refractivity contribution in [2.24, 2.45) is 0 Å². The van der Waals surface area contributed by atoms with E-state index in [1.165, 1.54) is 7.11 Å². The molecule has 3 amide bonds. The van der Waals surface area contributed by atoms with E-state index in [0.717, 1.165) is 4.90 Å². The SMILES string of the molecule is COc1ccc(C[C@]2(N3C(=O)c4ccccc4C3=O)C(=O)N[C@H]2[C@H]2COC(C)(C)O2)c(OC)c1. The van der Waals surface area contributed by atoms with Crippen molar-refractivity contribution in [3.8, 4) is 11.5 Å². The molecule has 3 aliphatic rings. The maximum Gasteiger partial charge on any atom is 0.262 e. The summed E-state index contributed by atoms with van der Waals surface area (Å²) in [7, 11) is 3.06. The fraction of sp³-hybridized carbons (Fsp3) is 0.400. The van der Waals surface area contributed by atoms with Crippen LogP contribution in [-0.2, 0) is 20.7 Å². The van der Waals surface area contributed by atoms with Gasteiger partial charge in [-0.15, -0.1) is 0 Å². The number of carbonyl (C=O) groups excluding carboxylic acids is 3. The minimum atomic E-state index is -1.52. The summed E-state index contributed by atoms with van der Waals surface area (Å²) in [5.41, 5.74) is -0.325. The molecule has 9 nitrogen and oxygen atoms in total. The molecule has 0 aromatic heterocycles. The third-order valence-corrected chi connectivity index (χ3v) is 6.74. The number of amides is 3. The summed E-state index contributed by atoms with van der Waals surface area (Å²) < 4.78 is 22.6. The zero-order valence-electron chi connectivity index (χ0n) is 19.4. The van der Waals surface area contributed by atoms with Gasteiger partial charge in [0.05, 0.1) is 38.0 Å². The van der Waals surface area contributed by atoms with Gasteiger partial charge in [-0.25, -0.2) is 0 Å². The number of fused-ring (bicyclic) bond motifs is 1. The highest BCUT2D eigenvalue weighted by Crippen LogP contribution is 2.43. The van der Waals surface area contributed by atoms with Gasteiger partial charge in [-0.3, -0.25) is 19.3 Å². The van der Waals surface area contributed by atoms with Crippen LogP contribution in [0.2, 0.25) is 0 Å². The average Bonchev–Trinajstić information content (AvgIpc) is 3.31. The molecule has 34 heavy (non-hydrogen) atoms. The van der Waals surface area contributed by atoms with E-state index < -0.39 is 41.2 Å². The Hall–Kier alpha value is -3.43. The number of nitrogens with zero attached hydrogens (tertiary/aromatic N) is 1. The molecule has 5 rings (SSSR count). The van der Waals surface area contributed by atoms with Gasteiger partial charge in [0.2, 0.25) is 5.91 Å². The van der Waals surface area contributed by atoms with Gasteiger partial charge < -0.3 is 24.3 Å². The number of hydrogen-bond acceptors (Lipinski definition) is 7. The molecule has 1 N–H and O–H groups in total. The Balaban J connectivity index is 1.62. The summed E-state index contributed by atoms with van der Waals surface area (Å²) >= 11 is 0. The van der Waals surface area contributed by atoms with E-state index >= 15 is 0 Å². The van der Waals surface area contributed by atoms with Crippen molar-refractivity contribution in [3.05, 3.63) is 59.2 Å².